The number of nitrogens with one attached hydrogen (secondary N) is 1. The second-order valence-electron chi connectivity index (χ2n) is 7.48. The quantitative estimate of drug-likeness (QED) is 0.334. The molecule has 0 radical (unpaired) electrons. The number of aromatic nitrogens is 2. The number of halogens is 1. The van der Waals surface area contributed by atoms with Crippen LogP contribution in [0.4, 0.5) is 0 Å². The highest BCUT2D eigenvalue weighted by Crippen LogP contribution is 2.21. The van der Waals surface area contributed by atoms with Crippen LogP contribution in [0, 0.1) is 5.92 Å². The van der Waals surface area contributed by atoms with Crippen molar-refractivity contribution in [2.75, 3.05) is 26.2 Å². The summed E-state index contributed by atoms with van der Waals surface area (Å²) in [7, 11) is 1.97. The van der Waals surface area contributed by atoms with Crippen LogP contribution in [0.15, 0.2) is 47.7 Å². The number of para-hydroxylation sites is 1. The van der Waals surface area contributed by atoms with Crippen molar-refractivity contribution in [3.8, 4) is 5.75 Å². The average Bonchev–Trinajstić information content (AvgIpc) is 3.34. The van der Waals surface area contributed by atoms with E-state index in [0.717, 1.165) is 44.2 Å². The molecule has 6 nitrogen and oxygen atoms in total. The van der Waals surface area contributed by atoms with Crippen LogP contribution in [-0.2, 0) is 13.5 Å². The van der Waals surface area contributed by atoms with E-state index in [1.165, 1.54) is 12.0 Å². The van der Waals surface area contributed by atoms with Crippen LogP contribution in [0.2, 0.25) is 0 Å². The fraction of sp³-hybridized carbons (Fsp3) is 0.545. The molecule has 1 aromatic heterocycles. The Morgan fingerprint density at radius 2 is 2.10 bits per heavy atom. The monoisotopic (exact) mass is 511 g/mol. The zero-order chi connectivity index (χ0) is 19.8. The van der Waals surface area contributed by atoms with Crippen LogP contribution in [-0.4, -0.2) is 52.9 Å². The molecule has 2 heterocycles. The smallest absolute Gasteiger partial charge is 0.194 e. The fourth-order valence-electron chi connectivity index (χ4n) is 3.66. The summed E-state index contributed by atoms with van der Waals surface area (Å²) >= 11 is 0. The summed E-state index contributed by atoms with van der Waals surface area (Å²) in [5.41, 5.74) is 1.32. The first-order valence-electron chi connectivity index (χ1n) is 10.4. The van der Waals surface area contributed by atoms with Crippen molar-refractivity contribution < 1.29 is 4.74 Å². The van der Waals surface area contributed by atoms with Gasteiger partial charge in [-0.3, -0.25) is 4.68 Å². The number of guanidine groups is 1. The van der Waals surface area contributed by atoms with Crippen molar-refractivity contribution in [3.05, 3.63) is 48.3 Å². The predicted octanol–water partition coefficient (Wildman–Crippen LogP) is 3.73. The number of ether oxygens (including phenoxy) is 1. The summed E-state index contributed by atoms with van der Waals surface area (Å²) in [5, 5.41) is 7.75. The van der Waals surface area contributed by atoms with E-state index in [-0.39, 0.29) is 30.1 Å². The van der Waals surface area contributed by atoms with E-state index < -0.39 is 0 Å². The van der Waals surface area contributed by atoms with Crippen molar-refractivity contribution in [2.45, 2.75) is 39.2 Å². The Morgan fingerprint density at radius 1 is 1.31 bits per heavy atom. The Bertz CT molecular complexity index is 749. The Labute approximate surface area is 191 Å². The molecule has 160 valence electrons. The molecule has 0 saturated carbocycles. The molecule has 1 fully saturated rings. The summed E-state index contributed by atoms with van der Waals surface area (Å²) in [6.45, 7) is 7.90. The number of benzene rings is 1. The van der Waals surface area contributed by atoms with E-state index in [1.54, 1.807) is 0 Å². The average molecular weight is 511 g/mol. The normalized spacial score (nSPS) is 17.7. The predicted molar refractivity (Wildman–Crippen MR) is 129 cm³/mol. The van der Waals surface area contributed by atoms with E-state index in [4.69, 9.17) is 9.73 Å². The van der Waals surface area contributed by atoms with Crippen molar-refractivity contribution in [2.24, 2.45) is 18.0 Å². The summed E-state index contributed by atoms with van der Waals surface area (Å²) in [5.74, 6) is 2.56. The van der Waals surface area contributed by atoms with E-state index in [0.29, 0.717) is 12.5 Å². The largest absolute Gasteiger partial charge is 0.489 e. The molecular formula is C22H34IN5O. The number of nitrogens with zero attached hydrogens (tertiary/aromatic N) is 4. The lowest BCUT2D eigenvalue weighted by atomic mass is 10.0. The van der Waals surface area contributed by atoms with Crippen molar-refractivity contribution in [3.63, 3.8) is 0 Å². The molecular weight excluding hydrogens is 477 g/mol. The minimum Gasteiger partial charge on any atom is -0.489 e. The third-order valence-electron chi connectivity index (χ3n) is 5.15. The van der Waals surface area contributed by atoms with Crippen LogP contribution in [0.1, 0.15) is 32.3 Å². The summed E-state index contributed by atoms with van der Waals surface area (Å²) in [4.78, 5) is 7.29. The molecule has 29 heavy (non-hydrogen) atoms. The molecule has 7 heteroatoms. The number of hydrogen-bond donors (Lipinski definition) is 1. The second-order valence-corrected chi connectivity index (χ2v) is 7.48. The number of likely N-dealkylation sites (tertiary alicyclic amines) is 1. The van der Waals surface area contributed by atoms with Gasteiger partial charge in [0.15, 0.2) is 5.96 Å². The Kier molecular flexibility index (Phi) is 9.76. The summed E-state index contributed by atoms with van der Waals surface area (Å²) < 4.78 is 7.97. The number of hydrogen-bond acceptors (Lipinski definition) is 3. The highest BCUT2D eigenvalue weighted by Gasteiger charge is 2.25. The Balaban J connectivity index is 0.00000300. The topological polar surface area (TPSA) is 54.7 Å². The lowest BCUT2D eigenvalue weighted by Gasteiger charge is -2.23. The van der Waals surface area contributed by atoms with Gasteiger partial charge in [-0.15, -0.1) is 24.0 Å². The van der Waals surface area contributed by atoms with E-state index in [2.05, 4.69) is 35.4 Å². The zero-order valence-electron chi connectivity index (χ0n) is 17.8. The maximum absolute atomic E-state index is 6.09. The first-order valence-corrected chi connectivity index (χ1v) is 10.4. The van der Waals surface area contributed by atoms with Gasteiger partial charge in [0.05, 0.1) is 12.7 Å². The van der Waals surface area contributed by atoms with Gasteiger partial charge in [0.2, 0.25) is 0 Å². The van der Waals surface area contributed by atoms with Crippen molar-refractivity contribution in [1.29, 1.82) is 0 Å². The van der Waals surface area contributed by atoms with Gasteiger partial charge in [0.1, 0.15) is 11.9 Å². The van der Waals surface area contributed by atoms with Gasteiger partial charge in [-0.05, 0) is 49.8 Å². The van der Waals surface area contributed by atoms with Crippen LogP contribution < -0.4 is 10.1 Å². The molecule has 0 aliphatic carbocycles. The van der Waals surface area contributed by atoms with Gasteiger partial charge >= 0.3 is 0 Å². The lowest BCUT2D eigenvalue weighted by Crippen LogP contribution is -2.41. The van der Waals surface area contributed by atoms with E-state index in [1.807, 2.05) is 48.3 Å². The SMILES string of the molecule is CCNC(=NCC(CC)Oc1ccccc1)N1CCC(Cc2cnn(C)c2)C1.I. The molecule has 0 amide bonds. The number of aryl methyl sites for hydroxylation is 1. The zero-order valence-corrected chi connectivity index (χ0v) is 20.1. The Hall–Kier alpha value is -1.77. The third kappa shape index (κ3) is 7.21. The number of rotatable bonds is 8. The van der Waals surface area contributed by atoms with Crippen LogP contribution in [0.3, 0.4) is 0 Å². The minimum absolute atomic E-state index is 0. The molecule has 3 rings (SSSR count). The second kappa shape index (κ2) is 12.0. The molecule has 1 aliphatic rings. The highest BCUT2D eigenvalue weighted by atomic mass is 127. The first kappa shape index (κ1) is 23.5. The van der Waals surface area contributed by atoms with E-state index in [9.17, 15) is 0 Å². The first-order chi connectivity index (χ1) is 13.7. The lowest BCUT2D eigenvalue weighted by molar-refractivity contribution is 0.205. The van der Waals surface area contributed by atoms with Gasteiger partial charge in [-0.1, -0.05) is 25.1 Å². The molecule has 1 N–H and O–H groups in total. The van der Waals surface area contributed by atoms with Gasteiger partial charge in [-0.25, -0.2) is 4.99 Å². The van der Waals surface area contributed by atoms with E-state index >= 15 is 0 Å². The van der Waals surface area contributed by atoms with Crippen LogP contribution in [0.25, 0.3) is 0 Å². The molecule has 2 unspecified atom stereocenters. The minimum atomic E-state index is 0. The van der Waals surface area contributed by atoms with Crippen LogP contribution in [0.5, 0.6) is 5.75 Å². The maximum atomic E-state index is 6.09. The summed E-state index contributed by atoms with van der Waals surface area (Å²) in [6, 6.07) is 10.0. The molecule has 1 aliphatic heterocycles. The molecule has 2 atom stereocenters. The molecule has 2 aromatic rings. The van der Waals surface area contributed by atoms with Gasteiger partial charge in [0, 0.05) is 32.9 Å². The third-order valence-corrected chi connectivity index (χ3v) is 5.15. The summed E-state index contributed by atoms with van der Waals surface area (Å²) in [6.07, 6.45) is 7.39. The fourth-order valence-corrected chi connectivity index (χ4v) is 3.66. The molecule has 1 saturated heterocycles. The van der Waals surface area contributed by atoms with Crippen molar-refractivity contribution in [1.82, 2.24) is 20.0 Å². The van der Waals surface area contributed by atoms with Gasteiger partial charge in [-0.2, -0.15) is 5.10 Å². The maximum Gasteiger partial charge on any atom is 0.194 e. The molecule has 1 aromatic carbocycles. The van der Waals surface area contributed by atoms with Gasteiger partial charge < -0.3 is 15.0 Å². The van der Waals surface area contributed by atoms with Crippen LogP contribution >= 0.6 is 24.0 Å². The number of aliphatic imine (C=N–C) groups is 1. The van der Waals surface area contributed by atoms with Crippen molar-refractivity contribution >= 4 is 29.9 Å². The molecule has 0 spiro atoms. The Morgan fingerprint density at radius 3 is 2.76 bits per heavy atom. The standard InChI is InChI=1S/C22H33N5O.HI/c1-4-20(28-21-9-7-6-8-10-21)15-24-22(23-5-2)27-12-11-18(17-27)13-19-14-25-26(3)16-19;/h6-10,14,16,18,20H,4-5,11-13,15,17H2,1-3H3,(H,23,24);1H. The highest BCUT2D eigenvalue weighted by molar-refractivity contribution is 14.0. The van der Waals surface area contributed by atoms with Gasteiger partial charge in [0.25, 0.3) is 0 Å². The molecule has 0 bridgehead atoms.